The third kappa shape index (κ3) is 5.44. The molecule has 1 fully saturated rings. The Morgan fingerprint density at radius 3 is 2.28 bits per heavy atom. The number of carbonyl (C=O) groups excluding carboxylic acids is 2. The molecule has 1 saturated heterocycles. The average molecular weight is 502 g/mol. The predicted molar refractivity (Wildman–Crippen MR) is 146 cm³/mol. The summed E-state index contributed by atoms with van der Waals surface area (Å²) in [6, 6.07) is 22.6. The van der Waals surface area contributed by atoms with Crippen LogP contribution in [0.1, 0.15) is 11.1 Å². The molecule has 0 aromatic heterocycles. The van der Waals surface area contributed by atoms with Gasteiger partial charge in [-0.05, 0) is 49.0 Å². The number of carbonyl (C=O) groups is 2. The van der Waals surface area contributed by atoms with Crippen LogP contribution < -0.4 is 16.0 Å². The topological polar surface area (TPSA) is 76.7 Å². The largest absolute Gasteiger partial charge is 0.354 e. The summed E-state index contributed by atoms with van der Waals surface area (Å²) in [6.45, 7) is 4.13. The van der Waals surface area contributed by atoms with Gasteiger partial charge in [-0.3, -0.25) is 14.5 Å². The van der Waals surface area contributed by atoms with E-state index in [1.807, 2.05) is 60.7 Å². The molecule has 2 heterocycles. The van der Waals surface area contributed by atoms with Gasteiger partial charge < -0.3 is 20.9 Å². The minimum Gasteiger partial charge on any atom is -0.354 e. The minimum absolute atomic E-state index is 0.0229. The molecule has 7 nitrogen and oxygen atoms in total. The zero-order valence-electron chi connectivity index (χ0n) is 20.1. The number of likely N-dealkylation sites (N-methyl/N-ethyl adjacent to an activating group) is 1. The Hall–Kier alpha value is -3.65. The third-order valence-electron chi connectivity index (χ3n) is 6.44. The molecule has 3 aromatic carbocycles. The number of nitrogens with zero attached hydrogens (tertiary/aromatic N) is 2. The second-order valence-corrected chi connectivity index (χ2v) is 9.53. The summed E-state index contributed by atoms with van der Waals surface area (Å²) in [5.74, 6) is -0.211. The van der Waals surface area contributed by atoms with Crippen LogP contribution in [-0.2, 0) is 9.59 Å². The van der Waals surface area contributed by atoms with Gasteiger partial charge in [-0.25, -0.2) is 0 Å². The number of fused-ring (bicyclic) bond motifs is 1. The molecule has 184 valence electrons. The fourth-order valence-electron chi connectivity index (χ4n) is 4.47. The van der Waals surface area contributed by atoms with Crippen molar-refractivity contribution in [1.82, 2.24) is 9.80 Å². The second kappa shape index (κ2) is 10.5. The summed E-state index contributed by atoms with van der Waals surface area (Å²) >= 11 is 6.14. The van der Waals surface area contributed by atoms with Crippen molar-refractivity contribution in [2.45, 2.75) is 0 Å². The molecule has 3 N–H and O–H groups in total. The third-order valence-corrected chi connectivity index (χ3v) is 6.67. The molecular weight excluding hydrogens is 474 g/mol. The number of amides is 2. The molecule has 5 rings (SSSR count). The zero-order valence-corrected chi connectivity index (χ0v) is 20.8. The summed E-state index contributed by atoms with van der Waals surface area (Å²) in [4.78, 5) is 29.9. The van der Waals surface area contributed by atoms with Crippen LogP contribution in [-0.4, -0.2) is 61.4 Å². The fourth-order valence-corrected chi connectivity index (χ4v) is 4.64. The Bertz CT molecular complexity index is 1300. The highest BCUT2D eigenvalue weighted by molar-refractivity contribution is 6.38. The Kier molecular flexibility index (Phi) is 7.04. The lowest BCUT2D eigenvalue weighted by molar-refractivity contribution is -0.117. The molecule has 2 aliphatic heterocycles. The van der Waals surface area contributed by atoms with Crippen LogP contribution in [0.4, 0.5) is 17.1 Å². The number of anilines is 3. The van der Waals surface area contributed by atoms with Crippen molar-refractivity contribution in [3.05, 3.63) is 88.9 Å². The molecule has 0 atom stereocenters. The van der Waals surface area contributed by atoms with E-state index in [0.717, 1.165) is 48.7 Å². The molecule has 0 unspecified atom stereocenters. The fraction of sp³-hybridized carbons (Fsp3) is 0.214. The first-order valence-electron chi connectivity index (χ1n) is 11.9. The van der Waals surface area contributed by atoms with Crippen LogP contribution >= 0.6 is 11.6 Å². The van der Waals surface area contributed by atoms with Crippen molar-refractivity contribution in [2.24, 2.45) is 0 Å². The highest BCUT2D eigenvalue weighted by atomic mass is 35.5. The van der Waals surface area contributed by atoms with Crippen molar-refractivity contribution in [2.75, 3.05) is 55.7 Å². The summed E-state index contributed by atoms with van der Waals surface area (Å²) < 4.78 is 0. The Morgan fingerprint density at radius 2 is 1.58 bits per heavy atom. The van der Waals surface area contributed by atoms with E-state index in [9.17, 15) is 9.59 Å². The van der Waals surface area contributed by atoms with Crippen LogP contribution in [0.2, 0.25) is 5.02 Å². The first-order chi connectivity index (χ1) is 17.5. The van der Waals surface area contributed by atoms with Crippen LogP contribution in [0, 0.1) is 0 Å². The van der Waals surface area contributed by atoms with E-state index in [-0.39, 0.29) is 11.8 Å². The summed E-state index contributed by atoms with van der Waals surface area (Å²) in [6.07, 6.45) is 0. The van der Waals surface area contributed by atoms with E-state index in [0.29, 0.717) is 28.5 Å². The standard InChI is InChI=1S/C28H28ClN5O2/c1-33-13-15-34(16-14-33)18-25(35)30-21-8-10-22(11-9-21)31-27(19-5-3-2-4-6-19)26-23-12-7-20(29)17-24(23)32-28(26)36/h2-12,17,31H,13-16,18H2,1H3,(H,30,35)(H,32,36)/b27-26-. The molecule has 8 heteroatoms. The highest BCUT2D eigenvalue weighted by Crippen LogP contribution is 2.38. The lowest BCUT2D eigenvalue weighted by Crippen LogP contribution is -2.47. The van der Waals surface area contributed by atoms with E-state index >= 15 is 0 Å². The monoisotopic (exact) mass is 501 g/mol. The Balaban J connectivity index is 1.35. The highest BCUT2D eigenvalue weighted by Gasteiger charge is 2.28. The Labute approximate surface area is 215 Å². The summed E-state index contributed by atoms with van der Waals surface area (Å²) in [5.41, 5.74) is 5.15. The molecule has 0 spiro atoms. The number of piperazine rings is 1. The quantitative estimate of drug-likeness (QED) is 0.435. The predicted octanol–water partition coefficient (Wildman–Crippen LogP) is 4.46. The van der Waals surface area contributed by atoms with Gasteiger partial charge in [-0.15, -0.1) is 0 Å². The average Bonchev–Trinajstić information content (AvgIpc) is 3.20. The van der Waals surface area contributed by atoms with Gasteiger partial charge >= 0.3 is 0 Å². The van der Waals surface area contributed by atoms with E-state index in [2.05, 4.69) is 32.8 Å². The van der Waals surface area contributed by atoms with E-state index in [1.165, 1.54) is 0 Å². The molecule has 0 saturated carbocycles. The number of hydrogen-bond acceptors (Lipinski definition) is 5. The van der Waals surface area contributed by atoms with Gasteiger partial charge in [0.25, 0.3) is 5.91 Å². The van der Waals surface area contributed by atoms with Crippen molar-refractivity contribution >= 4 is 51.7 Å². The molecule has 36 heavy (non-hydrogen) atoms. The smallest absolute Gasteiger partial charge is 0.258 e. The van der Waals surface area contributed by atoms with Gasteiger partial charge in [0.15, 0.2) is 0 Å². The molecule has 3 aromatic rings. The molecule has 0 bridgehead atoms. The van der Waals surface area contributed by atoms with Gasteiger partial charge in [0.1, 0.15) is 0 Å². The first kappa shape index (κ1) is 24.1. The van der Waals surface area contributed by atoms with Crippen molar-refractivity contribution < 1.29 is 9.59 Å². The van der Waals surface area contributed by atoms with E-state index in [4.69, 9.17) is 11.6 Å². The van der Waals surface area contributed by atoms with Crippen LogP contribution in [0.25, 0.3) is 11.3 Å². The van der Waals surface area contributed by atoms with Crippen LogP contribution in [0.5, 0.6) is 0 Å². The molecule has 2 amide bonds. The van der Waals surface area contributed by atoms with Crippen molar-refractivity contribution in [3.63, 3.8) is 0 Å². The maximum Gasteiger partial charge on any atom is 0.258 e. The SMILES string of the molecule is CN1CCN(CC(=O)Nc2ccc(N/C(=C3\C(=O)Nc4cc(Cl)ccc43)c3ccccc3)cc2)CC1. The lowest BCUT2D eigenvalue weighted by atomic mass is 10.00. The van der Waals surface area contributed by atoms with Crippen molar-refractivity contribution in [3.8, 4) is 0 Å². The van der Waals surface area contributed by atoms with Gasteiger partial charge in [0.2, 0.25) is 5.91 Å². The molecule has 0 radical (unpaired) electrons. The lowest BCUT2D eigenvalue weighted by Gasteiger charge is -2.31. The van der Waals surface area contributed by atoms with Crippen LogP contribution in [0.15, 0.2) is 72.8 Å². The second-order valence-electron chi connectivity index (χ2n) is 9.09. The normalized spacial score (nSPS) is 17.3. The molecular formula is C28H28ClN5O2. The van der Waals surface area contributed by atoms with Gasteiger partial charge in [-0.1, -0.05) is 48.0 Å². The summed E-state index contributed by atoms with van der Waals surface area (Å²) in [7, 11) is 2.10. The maximum atomic E-state index is 13.0. The number of nitrogens with one attached hydrogen (secondary N) is 3. The van der Waals surface area contributed by atoms with Gasteiger partial charge in [-0.2, -0.15) is 0 Å². The van der Waals surface area contributed by atoms with E-state index < -0.39 is 0 Å². The first-order valence-corrected chi connectivity index (χ1v) is 12.3. The summed E-state index contributed by atoms with van der Waals surface area (Å²) in [5, 5.41) is 9.90. The molecule has 0 aliphatic carbocycles. The minimum atomic E-state index is -0.189. The maximum absolute atomic E-state index is 13.0. The van der Waals surface area contributed by atoms with Crippen molar-refractivity contribution in [1.29, 1.82) is 0 Å². The Morgan fingerprint density at radius 1 is 0.917 bits per heavy atom. The van der Waals surface area contributed by atoms with Gasteiger partial charge in [0.05, 0.1) is 23.5 Å². The number of halogens is 1. The number of benzene rings is 3. The zero-order chi connectivity index (χ0) is 25.1. The van der Waals surface area contributed by atoms with Crippen LogP contribution in [0.3, 0.4) is 0 Å². The van der Waals surface area contributed by atoms with E-state index in [1.54, 1.807) is 12.1 Å². The number of hydrogen-bond donors (Lipinski definition) is 3. The molecule has 2 aliphatic rings. The number of rotatable bonds is 6. The van der Waals surface area contributed by atoms with Gasteiger partial charge in [0, 0.05) is 48.1 Å².